The van der Waals surface area contributed by atoms with Crippen molar-refractivity contribution < 1.29 is 0 Å². The lowest BCUT2D eigenvalue weighted by molar-refractivity contribution is 1.28. The second-order valence-electron chi connectivity index (χ2n) is 17.6. The molecule has 12 aromatic rings. The SMILES string of the molecule is c1ccc(-c2ccc(N(c3ccc(-c4ccc(-c5ccccc5)cc4-c4ccccc4)cc3)c3ccccc3-c3ccc4c(c3)c(-c3ccccc3)c(-c3ccccc3)c3ccccc34)cc2)cc1. The van der Waals surface area contributed by atoms with Gasteiger partial charge in [-0.05, 0) is 136 Å². The van der Waals surface area contributed by atoms with E-state index in [4.69, 9.17) is 0 Å². The second kappa shape index (κ2) is 18.3. The lowest BCUT2D eigenvalue weighted by Gasteiger charge is -2.28. The van der Waals surface area contributed by atoms with E-state index in [1.54, 1.807) is 0 Å². The number of hydrogen-bond donors (Lipinski definition) is 0. The Morgan fingerprint density at radius 1 is 0.188 bits per heavy atom. The first-order chi connectivity index (χ1) is 34.2. The molecule has 1 heteroatoms. The van der Waals surface area contributed by atoms with E-state index in [-0.39, 0.29) is 0 Å². The summed E-state index contributed by atoms with van der Waals surface area (Å²) in [6.45, 7) is 0. The number of hydrogen-bond acceptors (Lipinski definition) is 1. The van der Waals surface area contributed by atoms with Crippen LogP contribution in [0.4, 0.5) is 17.1 Å². The fourth-order valence-electron chi connectivity index (χ4n) is 10.2. The molecule has 324 valence electrons. The van der Waals surface area contributed by atoms with Crippen LogP contribution in [0.3, 0.4) is 0 Å². The highest BCUT2D eigenvalue weighted by atomic mass is 15.1. The average Bonchev–Trinajstić information content (AvgIpc) is 3.44. The number of benzene rings is 12. The number of rotatable bonds is 10. The van der Waals surface area contributed by atoms with Crippen molar-refractivity contribution in [2.75, 3.05) is 4.90 Å². The van der Waals surface area contributed by atoms with Crippen LogP contribution in [0.25, 0.3) is 99.4 Å². The van der Waals surface area contributed by atoms with Gasteiger partial charge in [0.05, 0.1) is 5.69 Å². The summed E-state index contributed by atoms with van der Waals surface area (Å²) in [7, 11) is 0. The minimum absolute atomic E-state index is 1.07. The Balaban J connectivity index is 1.03. The summed E-state index contributed by atoms with van der Waals surface area (Å²) in [5.74, 6) is 0. The van der Waals surface area contributed by atoms with Crippen molar-refractivity contribution in [3.05, 3.63) is 285 Å². The smallest absolute Gasteiger partial charge is 0.0540 e. The van der Waals surface area contributed by atoms with E-state index >= 15 is 0 Å². The largest absolute Gasteiger partial charge is 0.310 e. The predicted octanol–water partition coefficient (Wildman–Crippen LogP) is 19.1. The van der Waals surface area contributed by atoms with Crippen molar-refractivity contribution in [1.29, 1.82) is 0 Å². The van der Waals surface area contributed by atoms with Crippen LogP contribution in [0.2, 0.25) is 0 Å². The molecule has 0 bridgehead atoms. The van der Waals surface area contributed by atoms with Gasteiger partial charge in [0.1, 0.15) is 0 Å². The fourth-order valence-corrected chi connectivity index (χ4v) is 10.2. The Morgan fingerprint density at radius 2 is 0.580 bits per heavy atom. The fraction of sp³-hybridized carbons (Fsp3) is 0. The third-order valence-corrected chi connectivity index (χ3v) is 13.5. The molecule has 0 amide bonds. The zero-order valence-corrected chi connectivity index (χ0v) is 38.1. The van der Waals surface area contributed by atoms with Crippen LogP contribution in [0, 0.1) is 0 Å². The summed E-state index contributed by atoms with van der Waals surface area (Å²) in [5, 5.41) is 4.96. The molecule has 69 heavy (non-hydrogen) atoms. The molecule has 12 aromatic carbocycles. The molecule has 0 heterocycles. The molecule has 0 spiro atoms. The molecule has 0 aliphatic rings. The Morgan fingerprint density at radius 3 is 1.17 bits per heavy atom. The van der Waals surface area contributed by atoms with Crippen LogP contribution in [0.1, 0.15) is 0 Å². The molecule has 0 N–H and O–H groups in total. The van der Waals surface area contributed by atoms with Gasteiger partial charge >= 0.3 is 0 Å². The zero-order valence-electron chi connectivity index (χ0n) is 38.1. The van der Waals surface area contributed by atoms with Crippen molar-refractivity contribution in [2.45, 2.75) is 0 Å². The highest BCUT2D eigenvalue weighted by Gasteiger charge is 2.22. The van der Waals surface area contributed by atoms with Gasteiger partial charge in [-0.15, -0.1) is 0 Å². The van der Waals surface area contributed by atoms with Gasteiger partial charge in [-0.2, -0.15) is 0 Å². The second-order valence-corrected chi connectivity index (χ2v) is 17.6. The van der Waals surface area contributed by atoms with Gasteiger partial charge in [-0.25, -0.2) is 0 Å². The first-order valence-electron chi connectivity index (χ1n) is 23.7. The van der Waals surface area contributed by atoms with E-state index < -0.39 is 0 Å². The monoisotopic (exact) mass is 877 g/mol. The maximum absolute atomic E-state index is 2.43. The first-order valence-corrected chi connectivity index (χ1v) is 23.7. The van der Waals surface area contributed by atoms with Crippen LogP contribution in [0.5, 0.6) is 0 Å². The highest BCUT2D eigenvalue weighted by Crippen LogP contribution is 2.48. The van der Waals surface area contributed by atoms with E-state index in [0.29, 0.717) is 0 Å². The van der Waals surface area contributed by atoms with Crippen molar-refractivity contribution in [2.24, 2.45) is 0 Å². The van der Waals surface area contributed by atoms with Crippen LogP contribution in [0.15, 0.2) is 285 Å². The summed E-state index contributed by atoms with van der Waals surface area (Å²) in [4.78, 5) is 2.42. The summed E-state index contributed by atoms with van der Waals surface area (Å²) in [6.07, 6.45) is 0. The van der Waals surface area contributed by atoms with E-state index in [1.165, 1.54) is 82.7 Å². The Labute approximate surface area is 404 Å². The van der Waals surface area contributed by atoms with Gasteiger partial charge < -0.3 is 4.90 Å². The number of fused-ring (bicyclic) bond motifs is 3. The van der Waals surface area contributed by atoms with Gasteiger partial charge in [0.2, 0.25) is 0 Å². The Bertz CT molecular complexity index is 3720. The maximum Gasteiger partial charge on any atom is 0.0540 e. The number of anilines is 3. The minimum atomic E-state index is 1.07. The molecule has 0 unspecified atom stereocenters. The van der Waals surface area contributed by atoms with Gasteiger partial charge in [0, 0.05) is 16.9 Å². The standard InChI is InChI=1S/C68H47N/c1-6-20-48(21-7-1)50-34-40-57(41-35-50)69(58-42-36-52(37-43-58)59-44-38-55(49-22-8-2-9-23-49)46-64(59)51-24-10-3-11-25-51)66-33-19-18-30-60(66)56-39-45-62-61-31-16-17-32-63(61)67(53-26-12-4-13-27-53)68(65(62)47-56)54-28-14-5-15-29-54/h1-47H. The predicted molar refractivity (Wildman–Crippen MR) is 294 cm³/mol. The molecule has 0 aliphatic heterocycles. The third kappa shape index (κ3) is 7.97. The van der Waals surface area contributed by atoms with E-state index in [9.17, 15) is 0 Å². The van der Waals surface area contributed by atoms with E-state index in [0.717, 1.165) is 33.8 Å². The molecular weight excluding hydrogens is 831 g/mol. The van der Waals surface area contributed by atoms with Crippen LogP contribution < -0.4 is 4.90 Å². The van der Waals surface area contributed by atoms with Crippen molar-refractivity contribution in [1.82, 2.24) is 0 Å². The Kier molecular flexibility index (Phi) is 11.0. The molecule has 0 aliphatic carbocycles. The Hall–Kier alpha value is -9.04. The molecule has 0 atom stereocenters. The van der Waals surface area contributed by atoms with E-state index in [2.05, 4.69) is 290 Å². The van der Waals surface area contributed by atoms with Crippen molar-refractivity contribution in [3.8, 4) is 77.9 Å². The molecule has 0 aromatic heterocycles. The molecule has 0 radical (unpaired) electrons. The summed E-state index contributed by atoms with van der Waals surface area (Å²) < 4.78 is 0. The normalized spacial score (nSPS) is 11.2. The molecule has 1 nitrogen and oxygen atoms in total. The quantitative estimate of drug-likeness (QED) is 0.124. The molecule has 0 fully saturated rings. The maximum atomic E-state index is 2.43. The molecule has 12 rings (SSSR count). The van der Waals surface area contributed by atoms with E-state index in [1.807, 2.05) is 0 Å². The summed E-state index contributed by atoms with van der Waals surface area (Å²) in [5.41, 5.74) is 20.0. The highest BCUT2D eigenvalue weighted by molar-refractivity contribution is 6.22. The van der Waals surface area contributed by atoms with Gasteiger partial charge in [0.25, 0.3) is 0 Å². The van der Waals surface area contributed by atoms with Gasteiger partial charge in [-0.3, -0.25) is 0 Å². The summed E-state index contributed by atoms with van der Waals surface area (Å²) in [6, 6.07) is 104. The third-order valence-electron chi connectivity index (χ3n) is 13.5. The average molecular weight is 878 g/mol. The first kappa shape index (κ1) is 41.4. The van der Waals surface area contributed by atoms with Crippen LogP contribution in [-0.4, -0.2) is 0 Å². The lowest BCUT2D eigenvalue weighted by Crippen LogP contribution is -2.11. The van der Waals surface area contributed by atoms with Crippen molar-refractivity contribution >= 4 is 38.6 Å². The van der Waals surface area contributed by atoms with Gasteiger partial charge in [0.15, 0.2) is 0 Å². The van der Waals surface area contributed by atoms with Crippen LogP contribution >= 0.6 is 0 Å². The lowest BCUT2D eigenvalue weighted by atomic mass is 9.84. The zero-order chi connectivity index (χ0) is 45.9. The number of para-hydroxylation sites is 1. The van der Waals surface area contributed by atoms with Crippen molar-refractivity contribution in [3.63, 3.8) is 0 Å². The minimum Gasteiger partial charge on any atom is -0.310 e. The number of nitrogens with zero attached hydrogens (tertiary/aromatic N) is 1. The molecular formula is C68H47N. The topological polar surface area (TPSA) is 3.24 Å². The van der Waals surface area contributed by atoms with Crippen LogP contribution in [-0.2, 0) is 0 Å². The molecule has 0 saturated carbocycles. The molecule has 0 saturated heterocycles. The van der Waals surface area contributed by atoms with Gasteiger partial charge in [-0.1, -0.05) is 243 Å². The summed E-state index contributed by atoms with van der Waals surface area (Å²) >= 11 is 0.